The van der Waals surface area contributed by atoms with Crippen molar-refractivity contribution < 1.29 is 19.0 Å². The molecule has 3 aromatic carbocycles. The Kier molecular flexibility index (Phi) is 6.20. The third-order valence-electron chi connectivity index (χ3n) is 4.63. The van der Waals surface area contributed by atoms with Crippen LogP contribution in [0.25, 0.3) is 10.8 Å². The first kappa shape index (κ1) is 20.0. The average Bonchev–Trinajstić information content (AvgIpc) is 2.76. The molecule has 29 heavy (non-hydrogen) atoms. The minimum absolute atomic E-state index is 0.174. The second-order valence-electron chi connectivity index (χ2n) is 6.45. The van der Waals surface area contributed by atoms with Gasteiger partial charge in [0.25, 0.3) is 0 Å². The molecule has 0 fully saturated rings. The Hall–Kier alpha value is -3.72. The van der Waals surface area contributed by atoms with Crippen LogP contribution in [0.1, 0.15) is 17.2 Å². The van der Waals surface area contributed by atoms with Gasteiger partial charge in [0, 0.05) is 0 Å². The summed E-state index contributed by atoms with van der Waals surface area (Å²) >= 11 is 0. The van der Waals surface area contributed by atoms with E-state index in [1.54, 1.807) is 12.1 Å². The first-order valence-corrected chi connectivity index (χ1v) is 9.06. The monoisotopic (exact) mass is 390 g/mol. The van der Waals surface area contributed by atoms with Crippen LogP contribution in [0.15, 0.2) is 54.6 Å². The fourth-order valence-corrected chi connectivity index (χ4v) is 3.20. The molecule has 0 bridgehead atoms. The Balaban J connectivity index is 1.80. The zero-order valence-electron chi connectivity index (χ0n) is 16.6. The number of carbonyl (C=O) groups excluding carboxylic acids is 1. The number of carbonyl (C=O) groups is 1. The van der Waals surface area contributed by atoms with Crippen molar-refractivity contribution in [3.05, 3.63) is 65.7 Å². The number of ether oxygens (including phenoxy) is 3. The molecule has 0 aliphatic heterocycles. The van der Waals surface area contributed by atoms with E-state index >= 15 is 0 Å². The van der Waals surface area contributed by atoms with Crippen molar-refractivity contribution >= 4 is 16.7 Å². The lowest BCUT2D eigenvalue weighted by Crippen LogP contribution is -2.29. The van der Waals surface area contributed by atoms with Gasteiger partial charge in [-0.2, -0.15) is 5.26 Å². The molecule has 3 rings (SSSR count). The van der Waals surface area contributed by atoms with Gasteiger partial charge in [-0.1, -0.05) is 42.5 Å². The summed E-state index contributed by atoms with van der Waals surface area (Å²) in [5, 5.41) is 14.6. The van der Waals surface area contributed by atoms with Gasteiger partial charge in [-0.25, -0.2) is 0 Å². The number of fused-ring (bicyclic) bond motifs is 1. The first-order valence-electron chi connectivity index (χ1n) is 9.06. The quantitative estimate of drug-likeness (QED) is 0.664. The van der Waals surface area contributed by atoms with E-state index in [4.69, 9.17) is 14.2 Å². The number of nitriles is 1. The molecule has 1 atom stereocenters. The van der Waals surface area contributed by atoms with Gasteiger partial charge >= 0.3 is 0 Å². The summed E-state index contributed by atoms with van der Waals surface area (Å²) in [5.74, 6) is 1.02. The zero-order valence-corrected chi connectivity index (χ0v) is 16.6. The number of amides is 1. The Morgan fingerprint density at radius 1 is 0.966 bits per heavy atom. The summed E-state index contributed by atoms with van der Waals surface area (Å²) in [6, 6.07) is 18.4. The van der Waals surface area contributed by atoms with Crippen molar-refractivity contribution in [1.82, 2.24) is 5.32 Å². The number of nitrogens with one attached hydrogen (secondary N) is 1. The van der Waals surface area contributed by atoms with E-state index in [1.165, 1.54) is 21.3 Å². The van der Waals surface area contributed by atoms with Crippen LogP contribution in [0.2, 0.25) is 0 Å². The van der Waals surface area contributed by atoms with Crippen molar-refractivity contribution in [2.24, 2.45) is 0 Å². The summed E-state index contributed by atoms with van der Waals surface area (Å²) in [6.07, 6.45) is 0.174. The molecule has 0 spiro atoms. The van der Waals surface area contributed by atoms with E-state index in [0.29, 0.717) is 22.8 Å². The highest BCUT2D eigenvalue weighted by molar-refractivity contribution is 5.85. The lowest BCUT2D eigenvalue weighted by Gasteiger charge is -2.17. The van der Waals surface area contributed by atoms with Gasteiger partial charge in [0.15, 0.2) is 11.5 Å². The smallest absolute Gasteiger partial charge is 0.225 e. The van der Waals surface area contributed by atoms with Crippen LogP contribution in [-0.2, 0) is 11.2 Å². The van der Waals surface area contributed by atoms with Gasteiger partial charge in [-0.15, -0.1) is 0 Å². The van der Waals surface area contributed by atoms with Crippen LogP contribution in [0.3, 0.4) is 0 Å². The van der Waals surface area contributed by atoms with Gasteiger partial charge < -0.3 is 19.5 Å². The maximum absolute atomic E-state index is 12.6. The van der Waals surface area contributed by atoms with Crippen LogP contribution in [0.4, 0.5) is 0 Å². The van der Waals surface area contributed by atoms with Crippen LogP contribution < -0.4 is 19.5 Å². The van der Waals surface area contributed by atoms with E-state index in [2.05, 4.69) is 11.4 Å². The minimum Gasteiger partial charge on any atom is -0.493 e. The van der Waals surface area contributed by atoms with Crippen LogP contribution >= 0.6 is 0 Å². The maximum atomic E-state index is 12.6. The fourth-order valence-electron chi connectivity index (χ4n) is 3.20. The van der Waals surface area contributed by atoms with Crippen molar-refractivity contribution in [2.45, 2.75) is 12.5 Å². The van der Waals surface area contributed by atoms with Gasteiger partial charge in [0.05, 0.1) is 33.8 Å². The van der Waals surface area contributed by atoms with E-state index in [0.717, 1.165) is 16.3 Å². The van der Waals surface area contributed by atoms with E-state index < -0.39 is 6.04 Å². The first-order chi connectivity index (χ1) is 14.1. The van der Waals surface area contributed by atoms with Crippen molar-refractivity contribution in [3.8, 4) is 23.3 Å². The Bertz CT molecular complexity index is 1050. The highest BCUT2D eigenvalue weighted by Crippen LogP contribution is 2.39. The maximum Gasteiger partial charge on any atom is 0.225 e. The van der Waals surface area contributed by atoms with Crippen LogP contribution in [-0.4, -0.2) is 27.2 Å². The number of rotatable bonds is 7. The summed E-state index contributed by atoms with van der Waals surface area (Å²) in [6.45, 7) is 0. The lowest BCUT2D eigenvalue weighted by molar-refractivity contribution is -0.120. The standard InChI is InChI=1S/C23H22N2O4/c1-27-20-12-18(13-21(28-2)23(20)29-3)19(14-24)25-22(26)11-15-8-9-16-6-4-5-7-17(16)10-15/h4-10,12-13,19H,11H2,1-3H3,(H,25,26)/t19-/m0/s1. The van der Waals surface area contributed by atoms with Crippen LogP contribution in [0, 0.1) is 11.3 Å². The third kappa shape index (κ3) is 4.41. The second kappa shape index (κ2) is 8.98. The van der Waals surface area contributed by atoms with Gasteiger partial charge in [-0.05, 0) is 34.0 Å². The topological polar surface area (TPSA) is 80.6 Å². The van der Waals surface area contributed by atoms with E-state index in [9.17, 15) is 10.1 Å². The average molecular weight is 390 g/mol. The molecule has 3 aromatic rings. The number of benzene rings is 3. The molecular formula is C23H22N2O4. The highest BCUT2D eigenvalue weighted by atomic mass is 16.5. The van der Waals surface area contributed by atoms with Crippen LogP contribution in [0.5, 0.6) is 17.2 Å². The summed E-state index contributed by atoms with van der Waals surface area (Å²) in [5.41, 5.74) is 1.43. The molecule has 6 heteroatoms. The minimum atomic E-state index is -0.850. The molecule has 148 valence electrons. The van der Waals surface area contributed by atoms with Crippen molar-refractivity contribution in [1.29, 1.82) is 5.26 Å². The normalized spacial score (nSPS) is 11.4. The number of hydrogen-bond acceptors (Lipinski definition) is 5. The Labute approximate surface area is 169 Å². The van der Waals surface area contributed by atoms with Gasteiger partial charge in [0.1, 0.15) is 6.04 Å². The Morgan fingerprint density at radius 3 is 2.21 bits per heavy atom. The SMILES string of the molecule is COc1cc([C@H](C#N)NC(=O)Cc2ccc3ccccc3c2)cc(OC)c1OC. The molecular weight excluding hydrogens is 368 g/mol. The molecule has 1 N–H and O–H groups in total. The fraction of sp³-hybridized carbons (Fsp3) is 0.217. The highest BCUT2D eigenvalue weighted by Gasteiger charge is 2.20. The number of methoxy groups -OCH3 is 3. The molecule has 0 unspecified atom stereocenters. The molecule has 0 aliphatic rings. The van der Waals surface area contributed by atoms with E-state index in [-0.39, 0.29) is 12.3 Å². The lowest BCUT2D eigenvalue weighted by atomic mass is 10.0. The molecule has 0 aliphatic carbocycles. The zero-order chi connectivity index (χ0) is 20.8. The molecule has 0 saturated heterocycles. The van der Waals surface area contributed by atoms with Crippen molar-refractivity contribution in [2.75, 3.05) is 21.3 Å². The van der Waals surface area contributed by atoms with Crippen molar-refractivity contribution in [3.63, 3.8) is 0 Å². The second-order valence-corrected chi connectivity index (χ2v) is 6.45. The number of nitrogens with zero attached hydrogens (tertiary/aromatic N) is 1. The Morgan fingerprint density at radius 2 is 1.62 bits per heavy atom. The summed E-state index contributed by atoms with van der Waals surface area (Å²) in [4.78, 5) is 12.6. The molecule has 0 aromatic heterocycles. The molecule has 0 heterocycles. The molecule has 0 radical (unpaired) electrons. The number of hydrogen-bond donors (Lipinski definition) is 1. The summed E-state index contributed by atoms with van der Waals surface area (Å²) in [7, 11) is 4.51. The molecule has 1 amide bonds. The van der Waals surface area contributed by atoms with E-state index in [1.807, 2.05) is 42.5 Å². The third-order valence-corrected chi connectivity index (χ3v) is 4.63. The van der Waals surface area contributed by atoms with Gasteiger partial charge in [0.2, 0.25) is 11.7 Å². The largest absolute Gasteiger partial charge is 0.493 e. The predicted octanol–water partition coefficient (Wildman–Crippen LogP) is 3.79. The summed E-state index contributed by atoms with van der Waals surface area (Å²) < 4.78 is 16.0. The van der Waals surface area contributed by atoms with Gasteiger partial charge in [-0.3, -0.25) is 4.79 Å². The predicted molar refractivity (Wildman–Crippen MR) is 110 cm³/mol. The molecule has 0 saturated carbocycles. The molecule has 6 nitrogen and oxygen atoms in total.